The van der Waals surface area contributed by atoms with Crippen molar-refractivity contribution in [3.8, 4) is 0 Å². The van der Waals surface area contributed by atoms with E-state index in [1.165, 1.54) is 0 Å². The molecule has 1 amide bonds. The maximum Gasteiger partial charge on any atom is 0.305 e. The molecule has 1 unspecified atom stereocenters. The topological polar surface area (TPSA) is 66.4 Å². The van der Waals surface area contributed by atoms with E-state index >= 15 is 0 Å². The number of amides is 1. The van der Waals surface area contributed by atoms with Gasteiger partial charge in [-0.15, -0.1) is 0 Å². The van der Waals surface area contributed by atoms with Crippen LogP contribution in [-0.2, 0) is 9.59 Å². The minimum absolute atomic E-state index is 0.0252. The van der Waals surface area contributed by atoms with E-state index in [4.69, 9.17) is 5.11 Å². The summed E-state index contributed by atoms with van der Waals surface area (Å²) in [4.78, 5) is 22.4. The van der Waals surface area contributed by atoms with Gasteiger partial charge in [0.1, 0.15) is 0 Å². The number of carboxylic acids is 1. The lowest BCUT2D eigenvalue weighted by Crippen LogP contribution is -2.54. The first-order chi connectivity index (χ1) is 7.47. The predicted molar refractivity (Wildman–Crippen MR) is 64.6 cm³/mol. The van der Waals surface area contributed by atoms with Gasteiger partial charge >= 0.3 is 5.97 Å². The van der Waals surface area contributed by atoms with Gasteiger partial charge in [-0.2, -0.15) is 11.8 Å². The lowest BCUT2D eigenvalue weighted by Gasteiger charge is -2.41. The zero-order valence-corrected chi connectivity index (χ0v) is 10.6. The maximum atomic E-state index is 11.7. The number of carbonyl (C=O) groups excluding carboxylic acids is 1. The molecule has 2 N–H and O–H groups in total. The van der Waals surface area contributed by atoms with E-state index in [0.29, 0.717) is 6.42 Å². The summed E-state index contributed by atoms with van der Waals surface area (Å²) in [5, 5.41) is 12.0. The number of carboxylic acid groups (broad SMARTS) is 1. The van der Waals surface area contributed by atoms with Gasteiger partial charge in [0.05, 0.1) is 12.0 Å². The summed E-state index contributed by atoms with van der Waals surface area (Å²) in [5.74, 6) is -0.860. The zero-order chi connectivity index (χ0) is 12.2. The Morgan fingerprint density at radius 3 is 2.50 bits per heavy atom. The van der Waals surface area contributed by atoms with Crippen LogP contribution < -0.4 is 5.32 Å². The van der Waals surface area contributed by atoms with Crippen molar-refractivity contribution in [2.45, 2.75) is 49.8 Å². The molecule has 0 spiro atoms. The van der Waals surface area contributed by atoms with Crippen LogP contribution >= 0.6 is 11.8 Å². The average Bonchev–Trinajstić information content (AvgIpc) is 2.13. The molecule has 0 aromatic heterocycles. The molecule has 1 atom stereocenters. The Bertz CT molecular complexity index is 276. The lowest BCUT2D eigenvalue weighted by molar-refractivity contribution is -0.140. The van der Waals surface area contributed by atoms with Crippen molar-refractivity contribution in [3.05, 3.63) is 0 Å². The van der Waals surface area contributed by atoms with E-state index in [-0.39, 0.29) is 17.6 Å². The molecular weight excluding hydrogens is 226 g/mol. The number of carbonyl (C=O) groups is 2. The first-order valence-corrected chi connectivity index (χ1v) is 6.82. The van der Waals surface area contributed by atoms with E-state index in [1.807, 2.05) is 13.2 Å². The van der Waals surface area contributed by atoms with Crippen LogP contribution in [-0.4, -0.2) is 34.0 Å². The molecule has 0 saturated heterocycles. The molecule has 92 valence electrons. The third-order valence-electron chi connectivity index (χ3n) is 3.08. The summed E-state index contributed by atoms with van der Waals surface area (Å²) in [5.41, 5.74) is -0.457. The van der Waals surface area contributed by atoms with Crippen LogP contribution in [0.15, 0.2) is 0 Å². The summed E-state index contributed by atoms with van der Waals surface area (Å²) < 4.78 is 0. The van der Waals surface area contributed by atoms with Crippen molar-refractivity contribution in [1.82, 2.24) is 5.32 Å². The lowest BCUT2D eigenvalue weighted by atomic mass is 9.74. The molecule has 1 saturated carbocycles. The van der Waals surface area contributed by atoms with Gasteiger partial charge in [0.15, 0.2) is 0 Å². The molecule has 0 aromatic rings. The minimum atomic E-state index is -0.835. The van der Waals surface area contributed by atoms with Gasteiger partial charge in [0.2, 0.25) is 5.91 Å². The standard InChI is InChI=1S/C11H19NO3S/c1-8(16-2)6-9(13)12-11(4-3-5-11)7-10(14)15/h8H,3-7H2,1-2H3,(H,12,13)(H,14,15). The molecule has 1 rings (SSSR count). The first kappa shape index (κ1) is 13.4. The third kappa shape index (κ3) is 3.70. The monoisotopic (exact) mass is 245 g/mol. The van der Waals surface area contributed by atoms with Crippen LogP contribution in [0.2, 0.25) is 0 Å². The molecule has 16 heavy (non-hydrogen) atoms. The Kier molecular flexibility index (Phi) is 4.65. The van der Waals surface area contributed by atoms with Gasteiger partial charge in [-0.3, -0.25) is 9.59 Å². The van der Waals surface area contributed by atoms with E-state index < -0.39 is 11.5 Å². The minimum Gasteiger partial charge on any atom is -0.481 e. The molecule has 0 aliphatic heterocycles. The van der Waals surface area contributed by atoms with Crippen molar-refractivity contribution < 1.29 is 14.7 Å². The summed E-state index contributed by atoms with van der Waals surface area (Å²) in [6.45, 7) is 1.99. The van der Waals surface area contributed by atoms with Crippen molar-refractivity contribution in [2.75, 3.05) is 6.26 Å². The highest BCUT2D eigenvalue weighted by atomic mass is 32.2. The number of aliphatic carboxylic acids is 1. The Balaban J connectivity index is 2.44. The number of rotatable bonds is 6. The van der Waals surface area contributed by atoms with Crippen molar-refractivity contribution in [3.63, 3.8) is 0 Å². The quantitative estimate of drug-likeness (QED) is 0.746. The average molecular weight is 245 g/mol. The predicted octanol–water partition coefficient (Wildman–Crippen LogP) is 1.64. The van der Waals surface area contributed by atoms with E-state index in [2.05, 4.69) is 5.32 Å². The van der Waals surface area contributed by atoms with Gasteiger partial charge < -0.3 is 10.4 Å². The number of nitrogens with one attached hydrogen (secondary N) is 1. The Morgan fingerprint density at radius 1 is 1.50 bits per heavy atom. The highest BCUT2D eigenvalue weighted by molar-refractivity contribution is 7.99. The third-order valence-corrected chi connectivity index (χ3v) is 4.05. The number of thioether (sulfide) groups is 1. The molecule has 0 heterocycles. The second kappa shape index (κ2) is 5.57. The molecule has 0 radical (unpaired) electrons. The van der Waals surface area contributed by atoms with E-state index in [0.717, 1.165) is 19.3 Å². The zero-order valence-electron chi connectivity index (χ0n) is 9.78. The highest BCUT2D eigenvalue weighted by Gasteiger charge is 2.40. The molecule has 1 aliphatic carbocycles. The Morgan fingerprint density at radius 2 is 2.12 bits per heavy atom. The van der Waals surface area contributed by atoms with Gasteiger partial charge in [-0.1, -0.05) is 6.92 Å². The summed E-state index contributed by atoms with van der Waals surface area (Å²) >= 11 is 1.64. The van der Waals surface area contributed by atoms with Gasteiger partial charge in [-0.05, 0) is 25.5 Å². The molecule has 0 aromatic carbocycles. The van der Waals surface area contributed by atoms with Crippen molar-refractivity contribution >= 4 is 23.6 Å². The second-order valence-electron chi connectivity index (χ2n) is 4.50. The smallest absolute Gasteiger partial charge is 0.305 e. The molecule has 1 aliphatic rings. The van der Waals surface area contributed by atoms with Crippen LogP contribution in [0.1, 0.15) is 39.0 Å². The fourth-order valence-corrected chi connectivity index (χ4v) is 2.25. The number of hydrogen-bond donors (Lipinski definition) is 2. The second-order valence-corrected chi connectivity index (χ2v) is 5.78. The van der Waals surface area contributed by atoms with Crippen molar-refractivity contribution in [1.29, 1.82) is 0 Å². The Labute approximate surface area is 100 Å². The maximum absolute atomic E-state index is 11.7. The Hall–Kier alpha value is -0.710. The normalized spacial score (nSPS) is 19.6. The van der Waals surface area contributed by atoms with E-state index in [1.54, 1.807) is 11.8 Å². The first-order valence-electron chi connectivity index (χ1n) is 5.53. The number of hydrogen-bond acceptors (Lipinski definition) is 3. The SMILES string of the molecule is CSC(C)CC(=O)NC1(CC(=O)O)CCC1. The highest BCUT2D eigenvalue weighted by Crippen LogP contribution is 2.35. The summed E-state index contributed by atoms with van der Waals surface area (Å²) in [6.07, 6.45) is 5.06. The van der Waals surface area contributed by atoms with Crippen LogP contribution in [0.5, 0.6) is 0 Å². The van der Waals surface area contributed by atoms with Gasteiger partial charge in [-0.25, -0.2) is 0 Å². The molecule has 1 fully saturated rings. The molecule has 4 nitrogen and oxygen atoms in total. The largest absolute Gasteiger partial charge is 0.481 e. The summed E-state index contributed by atoms with van der Waals surface area (Å²) in [6, 6.07) is 0. The molecule has 5 heteroatoms. The van der Waals surface area contributed by atoms with Crippen LogP contribution in [0, 0.1) is 0 Å². The fraction of sp³-hybridized carbons (Fsp3) is 0.818. The van der Waals surface area contributed by atoms with Crippen LogP contribution in [0.3, 0.4) is 0 Å². The van der Waals surface area contributed by atoms with E-state index in [9.17, 15) is 9.59 Å². The van der Waals surface area contributed by atoms with Gasteiger partial charge in [0.25, 0.3) is 0 Å². The van der Waals surface area contributed by atoms with Crippen LogP contribution in [0.4, 0.5) is 0 Å². The fourth-order valence-electron chi connectivity index (χ4n) is 1.93. The molecule has 0 bridgehead atoms. The van der Waals surface area contributed by atoms with Crippen molar-refractivity contribution in [2.24, 2.45) is 0 Å². The molecular formula is C11H19NO3S. The van der Waals surface area contributed by atoms with Crippen LogP contribution in [0.25, 0.3) is 0 Å². The van der Waals surface area contributed by atoms with Gasteiger partial charge in [0, 0.05) is 11.7 Å². The summed E-state index contributed by atoms with van der Waals surface area (Å²) in [7, 11) is 0.